The van der Waals surface area contributed by atoms with E-state index in [1.807, 2.05) is 25.1 Å². The maximum atomic E-state index is 8.77. The number of hydrogen-bond donors (Lipinski definition) is 2. The lowest BCUT2D eigenvalue weighted by atomic mass is 10.2. The number of benzene rings is 1. The van der Waals surface area contributed by atoms with Gasteiger partial charge < -0.3 is 5.32 Å². The van der Waals surface area contributed by atoms with Gasteiger partial charge in [0.1, 0.15) is 6.07 Å². The second-order valence-electron chi connectivity index (χ2n) is 3.68. The zero-order chi connectivity index (χ0) is 12.3. The van der Waals surface area contributed by atoms with E-state index < -0.39 is 0 Å². The number of nitrogens with zero attached hydrogens (tertiary/aromatic N) is 2. The zero-order valence-electron chi connectivity index (χ0n) is 9.24. The van der Waals surface area contributed by atoms with Crippen molar-refractivity contribution in [2.24, 2.45) is 0 Å². The van der Waals surface area contributed by atoms with Crippen LogP contribution in [0.4, 0.5) is 5.69 Å². The van der Waals surface area contributed by atoms with E-state index in [0.29, 0.717) is 10.6 Å². The molecule has 2 aromatic rings. The Balaban J connectivity index is 2.15. The minimum absolute atomic E-state index is 0.0986. The molecule has 0 saturated carbocycles. The number of hydrogen-bond acceptors (Lipinski definition) is 3. The summed E-state index contributed by atoms with van der Waals surface area (Å²) >= 11 is 5.96. The van der Waals surface area contributed by atoms with Gasteiger partial charge in [0.05, 0.1) is 22.3 Å². The molecule has 1 aromatic carbocycles. The summed E-state index contributed by atoms with van der Waals surface area (Å²) < 4.78 is 0. The van der Waals surface area contributed by atoms with Crippen LogP contribution in [0.2, 0.25) is 5.02 Å². The van der Waals surface area contributed by atoms with Crippen LogP contribution in [0.3, 0.4) is 0 Å². The molecule has 4 nitrogen and oxygen atoms in total. The fraction of sp³-hybridized carbons (Fsp3) is 0.167. The average Bonchev–Trinajstić information content (AvgIpc) is 2.82. The summed E-state index contributed by atoms with van der Waals surface area (Å²) in [7, 11) is 0. The molecular weight excluding hydrogens is 236 g/mol. The van der Waals surface area contributed by atoms with Crippen LogP contribution in [0, 0.1) is 11.3 Å². The van der Waals surface area contributed by atoms with Crippen LogP contribution in [-0.2, 0) is 0 Å². The van der Waals surface area contributed by atoms with Crippen LogP contribution in [0.15, 0.2) is 30.5 Å². The Morgan fingerprint density at radius 2 is 2.29 bits per heavy atom. The molecular formula is C12H11ClN4. The molecule has 1 aromatic heterocycles. The van der Waals surface area contributed by atoms with Crippen molar-refractivity contribution in [1.82, 2.24) is 10.2 Å². The van der Waals surface area contributed by atoms with E-state index in [2.05, 4.69) is 15.5 Å². The topological polar surface area (TPSA) is 64.5 Å². The van der Waals surface area contributed by atoms with Crippen LogP contribution in [-0.4, -0.2) is 10.2 Å². The summed E-state index contributed by atoms with van der Waals surface area (Å²) in [5.41, 5.74) is 2.34. The summed E-state index contributed by atoms with van der Waals surface area (Å²) in [4.78, 5) is 0. The third kappa shape index (κ3) is 2.58. The monoisotopic (exact) mass is 246 g/mol. The largest absolute Gasteiger partial charge is 0.377 e. The first-order valence-corrected chi connectivity index (χ1v) is 5.54. The van der Waals surface area contributed by atoms with Crippen molar-refractivity contribution in [2.45, 2.75) is 13.0 Å². The minimum Gasteiger partial charge on any atom is -0.377 e. The second kappa shape index (κ2) is 4.89. The molecule has 0 spiro atoms. The Kier molecular flexibility index (Phi) is 3.31. The van der Waals surface area contributed by atoms with Gasteiger partial charge in [-0.2, -0.15) is 10.4 Å². The molecule has 2 N–H and O–H groups in total. The van der Waals surface area contributed by atoms with Gasteiger partial charge in [-0.3, -0.25) is 5.10 Å². The van der Waals surface area contributed by atoms with Crippen LogP contribution in [0.5, 0.6) is 0 Å². The summed E-state index contributed by atoms with van der Waals surface area (Å²) in [6, 6.07) is 9.30. The first-order chi connectivity index (χ1) is 8.20. The Morgan fingerprint density at radius 1 is 1.47 bits per heavy atom. The number of nitrogens with one attached hydrogen (secondary N) is 2. The number of aromatic amines is 1. The Morgan fingerprint density at radius 3 is 2.88 bits per heavy atom. The van der Waals surface area contributed by atoms with Gasteiger partial charge in [-0.25, -0.2) is 0 Å². The van der Waals surface area contributed by atoms with E-state index in [4.69, 9.17) is 16.9 Å². The van der Waals surface area contributed by atoms with Gasteiger partial charge in [-0.05, 0) is 31.2 Å². The molecule has 0 aliphatic rings. The van der Waals surface area contributed by atoms with Gasteiger partial charge in [-0.1, -0.05) is 11.6 Å². The predicted octanol–water partition coefficient (Wildman–Crippen LogP) is 3.11. The highest BCUT2D eigenvalue weighted by Crippen LogP contribution is 2.23. The van der Waals surface area contributed by atoms with E-state index in [1.165, 1.54) is 0 Å². The van der Waals surface area contributed by atoms with Crippen LogP contribution in [0.1, 0.15) is 24.2 Å². The number of aromatic nitrogens is 2. The molecule has 1 atom stereocenters. The number of anilines is 1. The quantitative estimate of drug-likeness (QED) is 0.875. The number of halogens is 1. The van der Waals surface area contributed by atoms with Crippen molar-refractivity contribution >= 4 is 17.3 Å². The van der Waals surface area contributed by atoms with Gasteiger partial charge in [0.2, 0.25) is 0 Å². The average molecular weight is 247 g/mol. The van der Waals surface area contributed by atoms with E-state index >= 15 is 0 Å². The lowest BCUT2D eigenvalue weighted by molar-refractivity contribution is 0.826. The predicted molar refractivity (Wildman–Crippen MR) is 66.8 cm³/mol. The van der Waals surface area contributed by atoms with E-state index in [9.17, 15) is 0 Å². The first-order valence-electron chi connectivity index (χ1n) is 5.16. The normalized spacial score (nSPS) is 11.8. The molecule has 5 heteroatoms. The van der Waals surface area contributed by atoms with Gasteiger partial charge in [0.25, 0.3) is 0 Å². The smallest absolute Gasteiger partial charge is 0.101 e. The van der Waals surface area contributed by atoms with E-state index in [1.54, 1.807) is 18.3 Å². The van der Waals surface area contributed by atoms with Crippen LogP contribution < -0.4 is 5.32 Å². The highest BCUT2D eigenvalue weighted by atomic mass is 35.5. The molecule has 17 heavy (non-hydrogen) atoms. The highest BCUT2D eigenvalue weighted by molar-refractivity contribution is 6.32. The van der Waals surface area contributed by atoms with Crippen LogP contribution in [0.25, 0.3) is 0 Å². The number of rotatable bonds is 3. The molecule has 1 unspecified atom stereocenters. The van der Waals surface area contributed by atoms with Crippen molar-refractivity contribution < 1.29 is 0 Å². The Labute approximate surface area is 104 Å². The molecule has 86 valence electrons. The summed E-state index contributed by atoms with van der Waals surface area (Å²) in [5.74, 6) is 0. The van der Waals surface area contributed by atoms with E-state index in [-0.39, 0.29) is 6.04 Å². The first kappa shape index (κ1) is 11.5. The van der Waals surface area contributed by atoms with Crippen molar-refractivity contribution in [3.63, 3.8) is 0 Å². The lowest BCUT2D eigenvalue weighted by Gasteiger charge is -2.13. The molecule has 1 heterocycles. The van der Waals surface area contributed by atoms with Crippen molar-refractivity contribution in [3.8, 4) is 6.07 Å². The summed E-state index contributed by atoms with van der Waals surface area (Å²) in [6.07, 6.45) is 1.71. The molecule has 0 radical (unpaired) electrons. The number of nitriles is 1. The fourth-order valence-corrected chi connectivity index (χ4v) is 1.75. The maximum absolute atomic E-state index is 8.77. The van der Waals surface area contributed by atoms with Gasteiger partial charge >= 0.3 is 0 Å². The Bertz CT molecular complexity index is 542. The molecule has 0 saturated heterocycles. The molecule has 0 amide bonds. The molecule has 2 rings (SSSR count). The maximum Gasteiger partial charge on any atom is 0.101 e. The van der Waals surface area contributed by atoms with Crippen molar-refractivity contribution in [3.05, 3.63) is 46.7 Å². The second-order valence-corrected chi connectivity index (χ2v) is 4.09. The summed E-state index contributed by atoms with van der Waals surface area (Å²) in [6.45, 7) is 2.01. The molecule has 0 aliphatic heterocycles. The molecule has 0 fully saturated rings. The Hall–Kier alpha value is -1.99. The lowest BCUT2D eigenvalue weighted by Crippen LogP contribution is -2.07. The van der Waals surface area contributed by atoms with E-state index in [0.717, 1.165) is 11.4 Å². The third-order valence-electron chi connectivity index (χ3n) is 2.46. The molecule has 0 bridgehead atoms. The zero-order valence-corrected chi connectivity index (χ0v) is 9.99. The minimum atomic E-state index is 0.0986. The summed E-state index contributed by atoms with van der Waals surface area (Å²) in [5, 5.41) is 19.3. The van der Waals surface area contributed by atoms with Gasteiger partial charge in [0, 0.05) is 11.9 Å². The van der Waals surface area contributed by atoms with Gasteiger partial charge in [-0.15, -0.1) is 0 Å². The SMILES string of the molecule is CC(Nc1ccc(C#N)c(Cl)c1)c1ccn[nH]1. The van der Waals surface area contributed by atoms with Gasteiger partial charge in [0.15, 0.2) is 0 Å². The van der Waals surface area contributed by atoms with Crippen molar-refractivity contribution in [2.75, 3.05) is 5.32 Å². The number of H-pyrrole nitrogens is 1. The van der Waals surface area contributed by atoms with Crippen LogP contribution >= 0.6 is 11.6 Å². The highest BCUT2D eigenvalue weighted by Gasteiger charge is 2.07. The molecule has 0 aliphatic carbocycles. The van der Waals surface area contributed by atoms with Crippen molar-refractivity contribution in [1.29, 1.82) is 5.26 Å². The fourth-order valence-electron chi connectivity index (χ4n) is 1.53. The standard InChI is InChI=1S/C12H11ClN4/c1-8(12-4-5-15-17-12)16-10-3-2-9(7-14)11(13)6-10/h2-6,8,16H,1H3,(H,15,17). The third-order valence-corrected chi connectivity index (χ3v) is 2.77.